The van der Waals surface area contributed by atoms with Crippen LogP contribution in [0.1, 0.15) is 44.7 Å². The molecule has 0 radical (unpaired) electrons. The molecular weight excluding hydrogens is 312 g/mol. The van der Waals surface area contributed by atoms with Crippen molar-refractivity contribution in [1.82, 2.24) is 20.4 Å². The van der Waals surface area contributed by atoms with E-state index in [1.165, 1.54) is 12.0 Å². The van der Waals surface area contributed by atoms with Crippen molar-refractivity contribution in [3.8, 4) is 0 Å². The summed E-state index contributed by atoms with van der Waals surface area (Å²) in [7, 11) is 0. The summed E-state index contributed by atoms with van der Waals surface area (Å²) in [6.07, 6.45) is 7.26. The van der Waals surface area contributed by atoms with E-state index in [2.05, 4.69) is 53.8 Å². The Morgan fingerprint density at radius 3 is 2.60 bits per heavy atom. The fraction of sp³-hybridized carbons (Fsp3) is 0.500. The Balaban J connectivity index is 1.46. The van der Waals surface area contributed by atoms with E-state index in [1.54, 1.807) is 6.20 Å². The van der Waals surface area contributed by atoms with Crippen molar-refractivity contribution in [3.63, 3.8) is 0 Å². The highest BCUT2D eigenvalue weighted by atomic mass is 16.1. The van der Waals surface area contributed by atoms with Gasteiger partial charge in [0.2, 0.25) is 5.91 Å². The molecule has 5 nitrogen and oxygen atoms in total. The van der Waals surface area contributed by atoms with Crippen LogP contribution in [0.5, 0.6) is 0 Å². The molecule has 0 spiro atoms. The third kappa shape index (κ3) is 4.10. The molecule has 2 atom stereocenters. The molecule has 0 saturated heterocycles. The zero-order chi connectivity index (χ0) is 17.7. The summed E-state index contributed by atoms with van der Waals surface area (Å²) >= 11 is 0. The Hall–Kier alpha value is -2.14. The number of carbonyl (C=O) groups is 1. The number of amides is 1. The highest BCUT2D eigenvalue weighted by Crippen LogP contribution is 2.43. The largest absolute Gasteiger partial charge is 0.354 e. The topological polar surface area (TPSA) is 59.0 Å². The summed E-state index contributed by atoms with van der Waals surface area (Å²) in [6.45, 7) is 5.23. The van der Waals surface area contributed by atoms with Gasteiger partial charge in [-0.15, -0.1) is 0 Å². The average Bonchev–Trinajstić information content (AvgIpc) is 3.13. The molecule has 0 unspecified atom stereocenters. The van der Waals surface area contributed by atoms with Gasteiger partial charge in [0.05, 0.1) is 12.6 Å². The molecule has 3 rings (SSSR count). The molecule has 1 saturated carbocycles. The van der Waals surface area contributed by atoms with Gasteiger partial charge in [0.25, 0.3) is 0 Å². The molecule has 1 fully saturated rings. The van der Waals surface area contributed by atoms with Crippen molar-refractivity contribution < 1.29 is 4.79 Å². The maximum absolute atomic E-state index is 12.3. The lowest BCUT2D eigenvalue weighted by Gasteiger charge is -2.42. The molecule has 5 heteroatoms. The highest BCUT2D eigenvalue weighted by Gasteiger charge is 2.38. The Bertz CT molecular complexity index is 664. The predicted molar refractivity (Wildman–Crippen MR) is 99.4 cm³/mol. The van der Waals surface area contributed by atoms with Crippen LogP contribution in [0.3, 0.4) is 0 Å². The average molecular weight is 340 g/mol. The third-order valence-corrected chi connectivity index (χ3v) is 5.57. The Morgan fingerprint density at radius 1 is 1.24 bits per heavy atom. The lowest BCUT2D eigenvalue weighted by molar-refractivity contribution is -0.120. The minimum Gasteiger partial charge on any atom is -0.354 e. The van der Waals surface area contributed by atoms with Gasteiger partial charge < -0.3 is 10.6 Å². The summed E-state index contributed by atoms with van der Waals surface area (Å²) < 4.78 is 1.91. The predicted octanol–water partition coefficient (Wildman–Crippen LogP) is 2.66. The maximum Gasteiger partial charge on any atom is 0.233 e. The van der Waals surface area contributed by atoms with Gasteiger partial charge >= 0.3 is 0 Å². The summed E-state index contributed by atoms with van der Waals surface area (Å²) in [5, 5.41) is 10.7. The third-order valence-electron chi connectivity index (χ3n) is 5.57. The molecule has 1 aromatic heterocycles. The molecule has 0 aliphatic heterocycles. The van der Waals surface area contributed by atoms with E-state index in [9.17, 15) is 4.79 Å². The van der Waals surface area contributed by atoms with E-state index in [0.29, 0.717) is 6.54 Å². The first-order valence-corrected chi connectivity index (χ1v) is 9.15. The zero-order valence-corrected chi connectivity index (χ0v) is 15.1. The van der Waals surface area contributed by atoms with Crippen LogP contribution >= 0.6 is 0 Å². The van der Waals surface area contributed by atoms with Crippen molar-refractivity contribution >= 4 is 5.91 Å². The first kappa shape index (κ1) is 17.7. The van der Waals surface area contributed by atoms with E-state index in [1.807, 2.05) is 23.0 Å². The fourth-order valence-electron chi connectivity index (χ4n) is 3.47. The van der Waals surface area contributed by atoms with Gasteiger partial charge in [0.15, 0.2) is 0 Å². The Kier molecular flexibility index (Phi) is 5.53. The number of nitrogens with zero attached hydrogens (tertiary/aromatic N) is 2. The molecule has 1 aromatic carbocycles. The molecule has 1 aliphatic carbocycles. The van der Waals surface area contributed by atoms with Crippen LogP contribution in [0.25, 0.3) is 0 Å². The highest BCUT2D eigenvalue weighted by molar-refractivity contribution is 5.78. The number of benzene rings is 1. The van der Waals surface area contributed by atoms with Gasteiger partial charge in [0, 0.05) is 30.4 Å². The summed E-state index contributed by atoms with van der Waals surface area (Å²) in [5.41, 5.74) is 1.47. The van der Waals surface area contributed by atoms with Gasteiger partial charge in [0.1, 0.15) is 0 Å². The Morgan fingerprint density at radius 2 is 2.00 bits per heavy atom. The van der Waals surface area contributed by atoms with Crippen molar-refractivity contribution in [2.24, 2.45) is 0 Å². The van der Waals surface area contributed by atoms with Crippen LogP contribution in [-0.4, -0.2) is 34.8 Å². The smallest absolute Gasteiger partial charge is 0.233 e. The number of nitrogens with one attached hydrogen (secondary N) is 2. The van der Waals surface area contributed by atoms with Crippen LogP contribution in [0.4, 0.5) is 0 Å². The fourth-order valence-corrected chi connectivity index (χ4v) is 3.47. The van der Waals surface area contributed by atoms with Gasteiger partial charge in [-0.05, 0) is 38.3 Å². The van der Waals surface area contributed by atoms with E-state index in [-0.39, 0.29) is 23.4 Å². The van der Waals surface area contributed by atoms with Gasteiger partial charge in [-0.1, -0.05) is 36.8 Å². The standard InChI is InChI=1S/C20H28N4O/c1-16(17(2)24-13-7-12-23-24)21-14-19(25)22-15-20(10-6-11-20)18-8-4-3-5-9-18/h3-5,7-9,12-13,16-17,21H,6,10-11,14-15H2,1-2H3,(H,22,25)/t16-,17-/m1/s1. The van der Waals surface area contributed by atoms with Crippen LogP contribution < -0.4 is 10.6 Å². The maximum atomic E-state index is 12.3. The molecular formula is C20H28N4O. The monoisotopic (exact) mass is 340 g/mol. The lowest BCUT2D eigenvalue weighted by Crippen LogP contribution is -2.48. The summed E-state index contributed by atoms with van der Waals surface area (Å²) in [4.78, 5) is 12.3. The van der Waals surface area contributed by atoms with Gasteiger partial charge in [-0.2, -0.15) is 5.10 Å². The van der Waals surface area contributed by atoms with Crippen LogP contribution in [0, 0.1) is 0 Å². The number of carbonyl (C=O) groups excluding carboxylic acids is 1. The normalized spacial score (nSPS) is 18.2. The SMILES string of the molecule is C[C@H]([C@@H](C)NCC(=O)NCC1(c2ccccc2)CCC1)n1cccn1. The second kappa shape index (κ2) is 7.83. The first-order chi connectivity index (χ1) is 12.1. The van der Waals surface area contributed by atoms with Crippen molar-refractivity contribution in [2.45, 2.75) is 50.6 Å². The van der Waals surface area contributed by atoms with Gasteiger partial charge in [-0.3, -0.25) is 9.48 Å². The summed E-state index contributed by atoms with van der Waals surface area (Å²) in [6, 6.07) is 12.8. The van der Waals surface area contributed by atoms with Crippen molar-refractivity contribution in [3.05, 3.63) is 54.4 Å². The molecule has 2 aromatic rings. The molecule has 1 aliphatic rings. The minimum absolute atomic E-state index is 0.0571. The van der Waals surface area contributed by atoms with Crippen LogP contribution in [0.2, 0.25) is 0 Å². The number of rotatable bonds is 8. The molecule has 1 amide bonds. The van der Waals surface area contributed by atoms with E-state index in [0.717, 1.165) is 19.4 Å². The molecule has 1 heterocycles. The molecule has 2 N–H and O–H groups in total. The molecule has 0 bridgehead atoms. The second-order valence-corrected chi connectivity index (χ2v) is 7.17. The Labute approximate surface area is 149 Å². The molecule has 25 heavy (non-hydrogen) atoms. The lowest BCUT2D eigenvalue weighted by atomic mass is 9.64. The first-order valence-electron chi connectivity index (χ1n) is 9.15. The molecule has 134 valence electrons. The number of hydrogen-bond donors (Lipinski definition) is 2. The van der Waals surface area contributed by atoms with Crippen molar-refractivity contribution in [1.29, 1.82) is 0 Å². The second-order valence-electron chi connectivity index (χ2n) is 7.17. The minimum atomic E-state index is 0.0571. The van der Waals surface area contributed by atoms with Crippen LogP contribution in [0.15, 0.2) is 48.8 Å². The summed E-state index contributed by atoms with van der Waals surface area (Å²) in [5.74, 6) is 0.0571. The van der Waals surface area contributed by atoms with Crippen molar-refractivity contribution in [2.75, 3.05) is 13.1 Å². The number of aromatic nitrogens is 2. The van der Waals surface area contributed by atoms with E-state index >= 15 is 0 Å². The van der Waals surface area contributed by atoms with E-state index in [4.69, 9.17) is 0 Å². The zero-order valence-electron chi connectivity index (χ0n) is 15.1. The van der Waals surface area contributed by atoms with E-state index < -0.39 is 0 Å². The van der Waals surface area contributed by atoms with Crippen LogP contribution in [-0.2, 0) is 10.2 Å². The quantitative estimate of drug-likeness (QED) is 0.777. The van der Waals surface area contributed by atoms with Gasteiger partial charge in [-0.25, -0.2) is 0 Å². The number of hydrogen-bond acceptors (Lipinski definition) is 3.